The average molecular weight is 445 g/mol. The van der Waals surface area contributed by atoms with Crippen molar-refractivity contribution in [1.82, 2.24) is 0 Å². The summed E-state index contributed by atoms with van der Waals surface area (Å²) in [6.45, 7) is 9.63. The van der Waals surface area contributed by atoms with Gasteiger partial charge in [0.05, 0.1) is 16.5 Å². The Morgan fingerprint density at radius 1 is 1.16 bits per heavy atom. The van der Waals surface area contributed by atoms with Crippen molar-refractivity contribution in [2.75, 3.05) is 0 Å². The summed E-state index contributed by atoms with van der Waals surface area (Å²) < 4.78 is 6.30. The molecule has 0 radical (unpaired) electrons. The molecular formula is C25H29ClO5. The molecule has 1 aliphatic heterocycles. The number of phenolic OH excluding ortho intramolecular Hbond substituents is 2. The molecule has 0 amide bonds. The standard InChI is InChI=1S/C25H29ClO5/c1-14(2)7-6-8-15(3)9-10-25-18(13-20(26)24(4,5)31-25)22(29)21-17(23(25)30)11-16(27)12-19(21)28/h7,9,11-13,20,27-28H,6,8,10H2,1-5H3/b15-9+/t20-,25-/m1/s1. The number of rotatable bonds is 5. The maximum atomic E-state index is 13.7. The summed E-state index contributed by atoms with van der Waals surface area (Å²) in [7, 11) is 0. The Bertz CT molecular complexity index is 1030. The molecule has 1 heterocycles. The van der Waals surface area contributed by atoms with Crippen molar-refractivity contribution in [1.29, 1.82) is 0 Å². The number of alkyl halides is 1. The monoisotopic (exact) mass is 444 g/mol. The van der Waals surface area contributed by atoms with Crippen molar-refractivity contribution < 1.29 is 24.5 Å². The van der Waals surface area contributed by atoms with Crippen LogP contribution >= 0.6 is 11.6 Å². The van der Waals surface area contributed by atoms with E-state index in [1.54, 1.807) is 19.9 Å². The fraction of sp³-hybridized carbons (Fsp3) is 0.440. The van der Waals surface area contributed by atoms with E-state index in [9.17, 15) is 19.8 Å². The largest absolute Gasteiger partial charge is 0.508 e. The molecule has 1 aromatic carbocycles. The highest BCUT2D eigenvalue weighted by Gasteiger charge is 2.57. The number of ether oxygens (including phenoxy) is 1. The Kier molecular flexibility index (Phi) is 6.23. The second kappa shape index (κ2) is 8.29. The van der Waals surface area contributed by atoms with E-state index in [1.165, 1.54) is 11.6 Å². The summed E-state index contributed by atoms with van der Waals surface area (Å²) in [5.74, 6) is -1.71. The number of fused-ring (bicyclic) bond motifs is 2. The molecule has 1 aliphatic carbocycles. The maximum Gasteiger partial charge on any atom is 0.200 e. The van der Waals surface area contributed by atoms with Crippen molar-refractivity contribution in [3.63, 3.8) is 0 Å². The zero-order chi connectivity index (χ0) is 23.1. The van der Waals surface area contributed by atoms with Crippen molar-refractivity contribution in [2.45, 2.75) is 70.5 Å². The van der Waals surface area contributed by atoms with Crippen LogP contribution in [0, 0.1) is 0 Å². The molecule has 0 spiro atoms. The van der Waals surface area contributed by atoms with Crippen LogP contribution in [0.15, 0.2) is 47.1 Å². The molecule has 0 saturated heterocycles. The number of benzene rings is 1. The van der Waals surface area contributed by atoms with Crippen LogP contribution in [0.25, 0.3) is 0 Å². The highest BCUT2D eigenvalue weighted by atomic mass is 35.5. The van der Waals surface area contributed by atoms with Crippen LogP contribution in [0.3, 0.4) is 0 Å². The third-order valence-corrected chi connectivity index (χ3v) is 6.52. The summed E-state index contributed by atoms with van der Waals surface area (Å²) >= 11 is 6.47. The number of Topliss-reactive ketones (excluding diaryl/α,β-unsaturated/α-hetero) is 2. The first-order valence-electron chi connectivity index (χ1n) is 10.4. The molecular weight excluding hydrogens is 416 g/mol. The third-order valence-electron chi connectivity index (χ3n) is 5.86. The maximum absolute atomic E-state index is 13.7. The van der Waals surface area contributed by atoms with Gasteiger partial charge in [0.15, 0.2) is 11.4 Å². The molecule has 0 saturated carbocycles. The molecule has 2 atom stereocenters. The van der Waals surface area contributed by atoms with Crippen molar-refractivity contribution in [3.05, 3.63) is 58.2 Å². The lowest BCUT2D eigenvalue weighted by Gasteiger charge is -2.47. The van der Waals surface area contributed by atoms with Crippen LogP contribution in [0.2, 0.25) is 0 Å². The number of hydrogen-bond acceptors (Lipinski definition) is 5. The molecule has 0 bridgehead atoms. The predicted octanol–water partition coefficient (Wildman–Crippen LogP) is 5.64. The highest BCUT2D eigenvalue weighted by molar-refractivity contribution is 6.30. The van der Waals surface area contributed by atoms with E-state index >= 15 is 0 Å². The molecule has 0 unspecified atom stereocenters. The molecule has 0 aromatic heterocycles. The Balaban J connectivity index is 2.11. The van der Waals surface area contributed by atoms with Gasteiger partial charge in [-0.15, -0.1) is 11.6 Å². The van der Waals surface area contributed by atoms with Crippen LogP contribution in [0.5, 0.6) is 11.5 Å². The van der Waals surface area contributed by atoms with Gasteiger partial charge in [0.1, 0.15) is 11.5 Å². The molecule has 6 heteroatoms. The van der Waals surface area contributed by atoms with Gasteiger partial charge in [-0.2, -0.15) is 0 Å². The van der Waals surface area contributed by atoms with Crippen molar-refractivity contribution in [3.8, 4) is 11.5 Å². The molecule has 2 aliphatic rings. The zero-order valence-electron chi connectivity index (χ0n) is 18.6. The number of phenols is 2. The van der Waals surface area contributed by atoms with Crippen LogP contribution in [-0.2, 0) is 4.74 Å². The lowest BCUT2D eigenvalue weighted by molar-refractivity contribution is -0.103. The van der Waals surface area contributed by atoms with Gasteiger partial charge in [-0.05, 0) is 53.5 Å². The molecule has 2 N–H and O–H groups in total. The number of halogens is 1. The number of allylic oxidation sites excluding steroid dienone is 3. The average Bonchev–Trinajstić information content (AvgIpc) is 2.65. The fourth-order valence-corrected chi connectivity index (χ4v) is 4.27. The van der Waals surface area contributed by atoms with E-state index < -0.39 is 33.9 Å². The number of aromatic hydroxyl groups is 2. The Morgan fingerprint density at radius 2 is 1.84 bits per heavy atom. The van der Waals surface area contributed by atoms with Gasteiger partial charge >= 0.3 is 0 Å². The molecule has 0 fully saturated rings. The first-order chi connectivity index (χ1) is 14.4. The lowest BCUT2D eigenvalue weighted by atomic mass is 9.69. The molecule has 31 heavy (non-hydrogen) atoms. The molecule has 5 nitrogen and oxygen atoms in total. The Morgan fingerprint density at radius 3 is 2.48 bits per heavy atom. The number of hydrogen-bond donors (Lipinski definition) is 2. The molecule has 1 aromatic rings. The fourth-order valence-electron chi connectivity index (χ4n) is 4.10. The van der Waals surface area contributed by atoms with Crippen LogP contribution in [0.4, 0.5) is 0 Å². The van der Waals surface area contributed by atoms with E-state index in [4.69, 9.17) is 16.3 Å². The summed E-state index contributed by atoms with van der Waals surface area (Å²) in [6, 6.07) is 2.26. The quantitative estimate of drug-likeness (QED) is 0.453. The van der Waals surface area contributed by atoms with Gasteiger partial charge in [0.25, 0.3) is 0 Å². The van der Waals surface area contributed by atoms with Gasteiger partial charge in [-0.3, -0.25) is 9.59 Å². The Hall–Kier alpha value is -2.37. The normalized spacial score (nSPS) is 24.9. The van der Waals surface area contributed by atoms with Crippen molar-refractivity contribution >= 4 is 23.2 Å². The van der Waals surface area contributed by atoms with E-state index in [1.807, 2.05) is 26.8 Å². The minimum Gasteiger partial charge on any atom is -0.508 e. The van der Waals surface area contributed by atoms with Crippen LogP contribution in [0.1, 0.15) is 74.6 Å². The SMILES string of the molecule is CC(C)=CCC/C(C)=C/C[C@@]12OC(C)(C)[C@H](Cl)C=C1C(=O)c1c(O)cc(O)cc1C2=O. The summed E-state index contributed by atoms with van der Waals surface area (Å²) in [5, 5.41) is 19.6. The number of carbonyl (C=O) groups is 2. The summed E-state index contributed by atoms with van der Waals surface area (Å²) in [6.07, 6.45) is 7.52. The van der Waals surface area contributed by atoms with E-state index in [0.717, 1.165) is 24.5 Å². The minimum absolute atomic E-state index is 0.0425. The smallest absolute Gasteiger partial charge is 0.200 e. The number of ketones is 2. The molecule has 166 valence electrons. The first kappa shape index (κ1) is 23.3. The van der Waals surface area contributed by atoms with Gasteiger partial charge in [-0.25, -0.2) is 0 Å². The van der Waals surface area contributed by atoms with Gasteiger partial charge in [-0.1, -0.05) is 29.4 Å². The highest BCUT2D eigenvalue weighted by Crippen LogP contribution is 2.48. The van der Waals surface area contributed by atoms with Gasteiger partial charge in [0, 0.05) is 23.6 Å². The van der Waals surface area contributed by atoms with E-state index in [0.29, 0.717) is 0 Å². The van der Waals surface area contributed by atoms with Crippen LogP contribution in [-0.4, -0.2) is 38.4 Å². The lowest BCUT2D eigenvalue weighted by Crippen LogP contribution is -2.58. The van der Waals surface area contributed by atoms with E-state index in [2.05, 4.69) is 6.08 Å². The zero-order valence-corrected chi connectivity index (χ0v) is 19.3. The molecule has 3 rings (SSSR count). The Labute approximate surface area is 188 Å². The van der Waals surface area contributed by atoms with E-state index in [-0.39, 0.29) is 28.9 Å². The van der Waals surface area contributed by atoms with Gasteiger partial charge < -0.3 is 14.9 Å². The predicted molar refractivity (Wildman–Crippen MR) is 121 cm³/mol. The number of carbonyl (C=O) groups excluding carboxylic acids is 2. The summed E-state index contributed by atoms with van der Waals surface area (Å²) in [4.78, 5) is 27.1. The topological polar surface area (TPSA) is 83.8 Å². The summed E-state index contributed by atoms with van der Waals surface area (Å²) in [5.41, 5.74) is -0.173. The van der Waals surface area contributed by atoms with Gasteiger partial charge in [0.2, 0.25) is 5.78 Å². The first-order valence-corrected chi connectivity index (χ1v) is 10.8. The van der Waals surface area contributed by atoms with Crippen LogP contribution < -0.4 is 0 Å². The second-order valence-electron chi connectivity index (χ2n) is 9.14. The third kappa shape index (κ3) is 4.21. The second-order valence-corrected chi connectivity index (χ2v) is 9.61. The minimum atomic E-state index is -1.56. The van der Waals surface area contributed by atoms with Crippen molar-refractivity contribution in [2.24, 2.45) is 0 Å².